The average molecular weight is 197 g/mol. The molecule has 70 valence electrons. The zero-order valence-corrected chi connectivity index (χ0v) is 8.43. The second kappa shape index (κ2) is 3.54. The summed E-state index contributed by atoms with van der Waals surface area (Å²) in [7, 11) is 0. The van der Waals surface area contributed by atoms with Crippen LogP contribution in [0.1, 0.15) is 24.8 Å². The number of rotatable bonds is 2. The van der Waals surface area contributed by atoms with Crippen molar-refractivity contribution in [1.82, 2.24) is 4.98 Å². The summed E-state index contributed by atoms with van der Waals surface area (Å²) in [6.07, 6.45) is 5.70. The molecular formula is C10H13ClN2. The van der Waals surface area contributed by atoms with E-state index in [1.165, 1.54) is 19.3 Å². The summed E-state index contributed by atoms with van der Waals surface area (Å²) in [6.45, 7) is 1.97. The highest BCUT2D eigenvalue weighted by atomic mass is 35.5. The number of nitrogens with zero attached hydrogens (tertiary/aromatic N) is 1. The lowest BCUT2D eigenvalue weighted by atomic mass is 9.93. The van der Waals surface area contributed by atoms with Crippen molar-refractivity contribution in [3.05, 3.63) is 23.0 Å². The Morgan fingerprint density at radius 1 is 1.54 bits per heavy atom. The third-order valence-electron chi connectivity index (χ3n) is 2.49. The van der Waals surface area contributed by atoms with Crippen LogP contribution < -0.4 is 5.32 Å². The van der Waals surface area contributed by atoms with E-state index in [1.54, 1.807) is 6.20 Å². The third kappa shape index (κ3) is 1.94. The molecule has 0 amide bonds. The number of anilines is 1. The summed E-state index contributed by atoms with van der Waals surface area (Å²) < 4.78 is 0. The largest absolute Gasteiger partial charge is 0.381 e. The zero-order chi connectivity index (χ0) is 9.26. The fraction of sp³-hybridized carbons (Fsp3) is 0.500. The molecule has 1 N–H and O–H groups in total. The van der Waals surface area contributed by atoms with E-state index in [4.69, 9.17) is 11.6 Å². The van der Waals surface area contributed by atoms with Crippen molar-refractivity contribution < 1.29 is 0 Å². The second-order valence-corrected chi connectivity index (χ2v) is 3.96. The number of pyridine rings is 1. The van der Waals surface area contributed by atoms with Crippen LogP contribution in [0.15, 0.2) is 12.3 Å². The minimum absolute atomic E-state index is 0.596. The van der Waals surface area contributed by atoms with Crippen molar-refractivity contribution in [2.24, 2.45) is 0 Å². The van der Waals surface area contributed by atoms with Gasteiger partial charge in [-0.1, -0.05) is 11.6 Å². The maximum Gasteiger partial charge on any atom is 0.132 e. The van der Waals surface area contributed by atoms with Crippen LogP contribution in [-0.2, 0) is 0 Å². The fourth-order valence-corrected chi connectivity index (χ4v) is 1.53. The predicted molar refractivity (Wildman–Crippen MR) is 55.2 cm³/mol. The minimum atomic E-state index is 0.596. The Labute approximate surface area is 83.3 Å². The standard InChI is InChI=1S/C10H13ClN2/c1-7-5-9(6-12-10(7)11)13-8-3-2-4-8/h5-6,8,13H,2-4H2,1H3. The molecule has 3 heteroatoms. The summed E-state index contributed by atoms with van der Waals surface area (Å²) in [6, 6.07) is 2.70. The lowest BCUT2D eigenvalue weighted by molar-refractivity contribution is 0.445. The first-order chi connectivity index (χ1) is 6.25. The zero-order valence-electron chi connectivity index (χ0n) is 7.68. The van der Waals surface area contributed by atoms with Gasteiger partial charge in [-0.25, -0.2) is 4.98 Å². The van der Waals surface area contributed by atoms with E-state index in [-0.39, 0.29) is 0 Å². The smallest absolute Gasteiger partial charge is 0.132 e. The van der Waals surface area contributed by atoms with Crippen LogP contribution >= 0.6 is 11.6 Å². The van der Waals surface area contributed by atoms with E-state index in [2.05, 4.69) is 10.3 Å². The van der Waals surface area contributed by atoms with Crippen LogP contribution in [0.2, 0.25) is 5.15 Å². The van der Waals surface area contributed by atoms with Gasteiger partial charge in [0.15, 0.2) is 0 Å². The molecule has 0 atom stereocenters. The van der Waals surface area contributed by atoms with Crippen molar-refractivity contribution >= 4 is 17.3 Å². The molecule has 1 aromatic heterocycles. The first-order valence-corrected chi connectivity index (χ1v) is 5.02. The van der Waals surface area contributed by atoms with Crippen molar-refractivity contribution in [1.29, 1.82) is 0 Å². The number of hydrogen-bond donors (Lipinski definition) is 1. The minimum Gasteiger partial charge on any atom is -0.381 e. The normalized spacial score (nSPS) is 16.8. The van der Waals surface area contributed by atoms with Crippen LogP contribution in [0, 0.1) is 6.92 Å². The van der Waals surface area contributed by atoms with Gasteiger partial charge in [-0.05, 0) is 37.8 Å². The summed E-state index contributed by atoms with van der Waals surface area (Å²) in [5.41, 5.74) is 2.12. The lowest BCUT2D eigenvalue weighted by Crippen LogP contribution is -2.27. The Kier molecular flexibility index (Phi) is 2.40. The average Bonchev–Trinajstić information content (AvgIpc) is 2.04. The number of aryl methyl sites for hydroxylation is 1. The molecule has 0 unspecified atom stereocenters. The monoisotopic (exact) mass is 196 g/mol. The van der Waals surface area contributed by atoms with Crippen molar-refractivity contribution in [3.63, 3.8) is 0 Å². The van der Waals surface area contributed by atoms with Crippen LogP contribution in [0.5, 0.6) is 0 Å². The molecule has 13 heavy (non-hydrogen) atoms. The molecule has 1 fully saturated rings. The molecule has 2 nitrogen and oxygen atoms in total. The summed E-state index contributed by atoms with van der Waals surface area (Å²) in [5.74, 6) is 0. The Hall–Kier alpha value is -0.760. The van der Waals surface area contributed by atoms with Gasteiger partial charge in [0.2, 0.25) is 0 Å². The van der Waals surface area contributed by atoms with Gasteiger partial charge in [0.25, 0.3) is 0 Å². The quantitative estimate of drug-likeness (QED) is 0.736. The molecule has 1 saturated carbocycles. The van der Waals surface area contributed by atoms with Crippen molar-refractivity contribution in [3.8, 4) is 0 Å². The molecule has 0 spiro atoms. The van der Waals surface area contributed by atoms with Crippen LogP contribution in [0.3, 0.4) is 0 Å². The Morgan fingerprint density at radius 2 is 2.31 bits per heavy atom. The molecule has 1 aromatic rings. The molecule has 1 heterocycles. The van der Waals surface area contributed by atoms with Crippen LogP contribution in [0.25, 0.3) is 0 Å². The molecule has 0 bridgehead atoms. The van der Waals surface area contributed by atoms with Gasteiger partial charge in [-0.2, -0.15) is 0 Å². The van der Waals surface area contributed by atoms with Gasteiger partial charge >= 0.3 is 0 Å². The van der Waals surface area contributed by atoms with Gasteiger partial charge < -0.3 is 5.32 Å². The molecule has 0 aromatic carbocycles. The van der Waals surface area contributed by atoms with E-state index in [9.17, 15) is 0 Å². The van der Waals surface area contributed by atoms with E-state index in [1.807, 2.05) is 13.0 Å². The molecule has 2 rings (SSSR count). The third-order valence-corrected chi connectivity index (χ3v) is 2.89. The Morgan fingerprint density at radius 3 is 2.85 bits per heavy atom. The second-order valence-electron chi connectivity index (χ2n) is 3.60. The number of halogens is 1. The number of aromatic nitrogens is 1. The van der Waals surface area contributed by atoms with Crippen LogP contribution in [-0.4, -0.2) is 11.0 Å². The first-order valence-electron chi connectivity index (χ1n) is 4.64. The maximum absolute atomic E-state index is 5.83. The summed E-state index contributed by atoms with van der Waals surface area (Å²) >= 11 is 5.83. The predicted octanol–water partition coefficient (Wildman–Crippen LogP) is 3.01. The molecule has 0 saturated heterocycles. The molecular weight excluding hydrogens is 184 g/mol. The first kappa shape index (κ1) is 8.82. The van der Waals surface area contributed by atoms with E-state index in [0.717, 1.165) is 11.3 Å². The maximum atomic E-state index is 5.83. The van der Waals surface area contributed by atoms with E-state index in [0.29, 0.717) is 11.2 Å². The SMILES string of the molecule is Cc1cc(NC2CCC2)cnc1Cl. The van der Waals surface area contributed by atoms with Gasteiger partial charge in [-0.15, -0.1) is 0 Å². The van der Waals surface area contributed by atoms with Crippen molar-refractivity contribution in [2.75, 3.05) is 5.32 Å². The van der Waals surface area contributed by atoms with Gasteiger partial charge in [0.05, 0.1) is 11.9 Å². The summed E-state index contributed by atoms with van der Waals surface area (Å²) in [4.78, 5) is 4.09. The Bertz CT molecular complexity index is 308. The summed E-state index contributed by atoms with van der Waals surface area (Å²) in [5, 5.41) is 4.02. The van der Waals surface area contributed by atoms with Crippen molar-refractivity contribution in [2.45, 2.75) is 32.2 Å². The topological polar surface area (TPSA) is 24.9 Å². The highest BCUT2D eigenvalue weighted by Crippen LogP contribution is 2.24. The van der Waals surface area contributed by atoms with E-state index >= 15 is 0 Å². The van der Waals surface area contributed by atoms with Gasteiger partial charge in [0, 0.05) is 6.04 Å². The lowest BCUT2D eigenvalue weighted by Gasteiger charge is -2.27. The Balaban J connectivity index is 2.07. The van der Waals surface area contributed by atoms with Gasteiger partial charge in [0.1, 0.15) is 5.15 Å². The van der Waals surface area contributed by atoms with Crippen LogP contribution in [0.4, 0.5) is 5.69 Å². The molecule has 0 aliphatic heterocycles. The number of nitrogens with one attached hydrogen (secondary N) is 1. The highest BCUT2D eigenvalue weighted by molar-refractivity contribution is 6.30. The number of hydrogen-bond acceptors (Lipinski definition) is 2. The molecule has 1 aliphatic rings. The fourth-order valence-electron chi connectivity index (χ4n) is 1.43. The van der Waals surface area contributed by atoms with E-state index < -0.39 is 0 Å². The molecule has 1 aliphatic carbocycles. The van der Waals surface area contributed by atoms with Gasteiger partial charge in [-0.3, -0.25) is 0 Å². The highest BCUT2D eigenvalue weighted by Gasteiger charge is 2.16. The molecule has 0 radical (unpaired) electrons.